The molecule has 0 saturated carbocycles. The van der Waals surface area contributed by atoms with Crippen molar-refractivity contribution in [2.45, 2.75) is 32.7 Å². The normalized spacial score (nSPS) is 18.8. The van der Waals surface area contributed by atoms with Crippen molar-refractivity contribution in [3.05, 3.63) is 28.2 Å². The fourth-order valence-electron chi connectivity index (χ4n) is 2.08. The van der Waals surface area contributed by atoms with Crippen LogP contribution in [0, 0.1) is 0 Å². The molecule has 0 amide bonds. The van der Waals surface area contributed by atoms with Crippen molar-refractivity contribution in [3.8, 4) is 0 Å². The van der Waals surface area contributed by atoms with Crippen LogP contribution in [0.2, 0.25) is 10.0 Å². The summed E-state index contributed by atoms with van der Waals surface area (Å²) in [5.74, 6) is 0. The number of hydrazone groups is 1. The molecule has 0 spiro atoms. The molecule has 1 aliphatic heterocycles. The highest BCUT2D eigenvalue weighted by atomic mass is 35.5. The lowest BCUT2D eigenvalue weighted by molar-refractivity contribution is 0.516. The third kappa shape index (κ3) is 2.04. The van der Waals surface area contributed by atoms with Gasteiger partial charge in [0.2, 0.25) is 0 Å². The lowest BCUT2D eigenvalue weighted by atomic mass is 9.98. The van der Waals surface area contributed by atoms with Gasteiger partial charge in [0, 0.05) is 17.2 Å². The molecule has 0 unspecified atom stereocenters. The molecule has 0 atom stereocenters. The van der Waals surface area contributed by atoms with E-state index in [2.05, 4.69) is 18.9 Å². The second-order valence-electron chi connectivity index (χ2n) is 4.73. The van der Waals surface area contributed by atoms with Crippen molar-refractivity contribution in [1.29, 1.82) is 0 Å². The van der Waals surface area contributed by atoms with Gasteiger partial charge in [-0.1, -0.05) is 23.2 Å². The van der Waals surface area contributed by atoms with Crippen LogP contribution < -0.4 is 5.01 Å². The maximum atomic E-state index is 6.19. The van der Waals surface area contributed by atoms with Crippen molar-refractivity contribution < 1.29 is 0 Å². The van der Waals surface area contributed by atoms with Crippen LogP contribution >= 0.6 is 23.2 Å². The minimum Gasteiger partial charge on any atom is -0.258 e. The van der Waals surface area contributed by atoms with Crippen LogP contribution in [0.25, 0.3) is 0 Å². The molecule has 0 saturated heterocycles. The molecule has 2 nitrogen and oxygen atoms in total. The third-order valence-electron chi connectivity index (χ3n) is 2.67. The first-order valence-corrected chi connectivity index (χ1v) is 5.95. The summed E-state index contributed by atoms with van der Waals surface area (Å²) in [5.41, 5.74) is 2.01. The molecule has 0 aromatic heterocycles. The van der Waals surface area contributed by atoms with Gasteiger partial charge in [-0.05, 0) is 39.0 Å². The van der Waals surface area contributed by atoms with Gasteiger partial charge in [0.25, 0.3) is 0 Å². The average molecular weight is 257 g/mol. The maximum Gasteiger partial charge on any atom is 0.0787 e. The van der Waals surface area contributed by atoms with Crippen LogP contribution in [-0.4, -0.2) is 11.3 Å². The summed E-state index contributed by atoms with van der Waals surface area (Å²) in [5, 5.41) is 7.78. The van der Waals surface area contributed by atoms with E-state index in [1.165, 1.54) is 0 Å². The van der Waals surface area contributed by atoms with Gasteiger partial charge >= 0.3 is 0 Å². The second-order valence-corrected chi connectivity index (χ2v) is 5.58. The molecule has 2 rings (SSSR count). The largest absolute Gasteiger partial charge is 0.258 e. The van der Waals surface area contributed by atoms with E-state index in [-0.39, 0.29) is 5.54 Å². The molecule has 1 aromatic carbocycles. The fraction of sp³-hybridized carbons (Fsp3) is 0.417. The van der Waals surface area contributed by atoms with E-state index < -0.39 is 0 Å². The summed E-state index contributed by atoms with van der Waals surface area (Å²) in [4.78, 5) is 0. The van der Waals surface area contributed by atoms with E-state index in [0.717, 1.165) is 17.8 Å². The van der Waals surface area contributed by atoms with Crippen molar-refractivity contribution in [2.24, 2.45) is 5.10 Å². The van der Waals surface area contributed by atoms with E-state index in [1.54, 1.807) is 6.07 Å². The average Bonchev–Trinajstić information content (AvgIpc) is 2.39. The molecule has 16 heavy (non-hydrogen) atoms. The summed E-state index contributed by atoms with van der Waals surface area (Å²) in [6.07, 6.45) is 0.950. The molecule has 0 N–H and O–H groups in total. The van der Waals surface area contributed by atoms with E-state index >= 15 is 0 Å². The van der Waals surface area contributed by atoms with E-state index in [4.69, 9.17) is 23.2 Å². The Morgan fingerprint density at radius 2 is 2.00 bits per heavy atom. The summed E-state index contributed by atoms with van der Waals surface area (Å²) >= 11 is 12.1. The van der Waals surface area contributed by atoms with E-state index in [1.807, 2.05) is 24.1 Å². The van der Waals surface area contributed by atoms with Crippen molar-refractivity contribution in [3.63, 3.8) is 0 Å². The molecule has 0 fully saturated rings. The Morgan fingerprint density at radius 3 is 2.50 bits per heavy atom. The zero-order valence-corrected chi connectivity index (χ0v) is 11.1. The van der Waals surface area contributed by atoms with E-state index in [9.17, 15) is 0 Å². The van der Waals surface area contributed by atoms with Crippen LogP contribution in [0.15, 0.2) is 23.3 Å². The highest BCUT2D eigenvalue weighted by molar-refractivity contribution is 6.36. The molecule has 0 bridgehead atoms. The highest BCUT2D eigenvalue weighted by Gasteiger charge is 2.34. The van der Waals surface area contributed by atoms with Gasteiger partial charge in [-0.15, -0.1) is 0 Å². The molecule has 86 valence electrons. The van der Waals surface area contributed by atoms with Crippen molar-refractivity contribution in [2.75, 3.05) is 5.01 Å². The summed E-state index contributed by atoms with van der Waals surface area (Å²) in [6, 6.07) is 5.49. The fourth-order valence-corrected chi connectivity index (χ4v) is 2.56. The Labute approximate surface area is 106 Å². The lowest BCUT2D eigenvalue weighted by Crippen LogP contribution is -2.36. The number of halogens is 2. The van der Waals surface area contributed by atoms with Crippen LogP contribution in [0.4, 0.5) is 5.69 Å². The maximum absolute atomic E-state index is 6.19. The monoisotopic (exact) mass is 256 g/mol. The Hall–Kier alpha value is -0.730. The van der Waals surface area contributed by atoms with Crippen LogP contribution in [0.1, 0.15) is 27.2 Å². The Balaban J connectivity index is 2.44. The first kappa shape index (κ1) is 11.7. The summed E-state index contributed by atoms with van der Waals surface area (Å²) < 4.78 is 0. The third-order valence-corrected chi connectivity index (χ3v) is 3.21. The van der Waals surface area contributed by atoms with Gasteiger partial charge < -0.3 is 0 Å². The molecular weight excluding hydrogens is 243 g/mol. The predicted octanol–water partition coefficient (Wildman–Crippen LogP) is 4.36. The van der Waals surface area contributed by atoms with Crippen molar-refractivity contribution in [1.82, 2.24) is 0 Å². The lowest BCUT2D eigenvalue weighted by Gasteiger charge is -2.31. The van der Waals surface area contributed by atoms with Gasteiger partial charge in [-0.25, -0.2) is 0 Å². The Kier molecular flexibility index (Phi) is 2.89. The molecule has 1 aliphatic rings. The number of hydrogen-bond donors (Lipinski definition) is 0. The highest BCUT2D eigenvalue weighted by Crippen LogP contribution is 2.37. The molecule has 0 aliphatic carbocycles. The first-order valence-electron chi connectivity index (χ1n) is 5.19. The molecule has 0 radical (unpaired) electrons. The predicted molar refractivity (Wildman–Crippen MR) is 70.7 cm³/mol. The zero-order valence-electron chi connectivity index (χ0n) is 9.59. The topological polar surface area (TPSA) is 15.6 Å². The van der Waals surface area contributed by atoms with E-state index in [0.29, 0.717) is 10.0 Å². The Morgan fingerprint density at radius 1 is 1.31 bits per heavy atom. The van der Waals surface area contributed by atoms with Gasteiger partial charge in [0.05, 0.1) is 16.2 Å². The van der Waals surface area contributed by atoms with Gasteiger partial charge in [0.1, 0.15) is 0 Å². The summed E-state index contributed by atoms with van der Waals surface area (Å²) in [6.45, 7) is 6.33. The second kappa shape index (κ2) is 3.94. The smallest absolute Gasteiger partial charge is 0.0787 e. The minimum atomic E-state index is -0.0262. The zero-order chi connectivity index (χ0) is 11.9. The van der Waals surface area contributed by atoms with Gasteiger partial charge in [-0.2, -0.15) is 5.10 Å². The number of hydrogen-bond acceptors (Lipinski definition) is 2. The summed E-state index contributed by atoms with van der Waals surface area (Å²) in [7, 11) is 0. The Bertz CT molecular complexity index is 452. The SMILES string of the molecule is CC1=NN(c2ccc(Cl)cc2Cl)C(C)(C)C1. The minimum absolute atomic E-state index is 0.0262. The van der Waals surface area contributed by atoms with Gasteiger partial charge in [0.15, 0.2) is 0 Å². The van der Waals surface area contributed by atoms with Crippen LogP contribution in [0.3, 0.4) is 0 Å². The van der Waals surface area contributed by atoms with Crippen LogP contribution in [-0.2, 0) is 0 Å². The first-order chi connectivity index (χ1) is 7.40. The number of rotatable bonds is 1. The number of nitrogens with zero attached hydrogens (tertiary/aromatic N) is 2. The molecule has 1 heterocycles. The number of anilines is 1. The molecule has 4 heteroatoms. The van der Waals surface area contributed by atoms with Gasteiger partial charge in [-0.3, -0.25) is 5.01 Å². The standard InChI is InChI=1S/C12H14Cl2N2/c1-8-7-12(2,3)16(15-8)11-5-4-9(13)6-10(11)14/h4-6H,7H2,1-3H3. The molecule has 1 aromatic rings. The molecular formula is C12H14Cl2N2. The number of benzene rings is 1. The quantitative estimate of drug-likeness (QED) is 0.729. The van der Waals surface area contributed by atoms with Crippen LogP contribution in [0.5, 0.6) is 0 Å². The van der Waals surface area contributed by atoms with Crippen molar-refractivity contribution >= 4 is 34.6 Å².